The van der Waals surface area contributed by atoms with Gasteiger partial charge in [0, 0.05) is 0 Å². The lowest BCUT2D eigenvalue weighted by molar-refractivity contribution is -0.459. The molecule has 0 aromatic rings. The van der Waals surface area contributed by atoms with Gasteiger partial charge in [0.05, 0.1) is 69.0 Å². The van der Waals surface area contributed by atoms with Gasteiger partial charge < -0.3 is 93.8 Å². The number of hydrogen-bond donors (Lipinski definition) is 6. The van der Waals surface area contributed by atoms with E-state index in [0.717, 1.165) is 0 Å². The molecule has 0 unspecified atom stereocenters. The summed E-state index contributed by atoms with van der Waals surface area (Å²) in [5.41, 5.74) is 24.1. The number of carbonyl (C=O) groups is 6. The van der Waals surface area contributed by atoms with Crippen LogP contribution in [0.1, 0.15) is 125 Å². The molecule has 0 aromatic heterocycles. The second-order valence-electron chi connectivity index (χ2n) is 18.3. The molecule has 0 bridgehead atoms. The fourth-order valence-electron chi connectivity index (χ4n) is 0.408. The Kier molecular flexibility index (Phi) is 47.2. The SMILES string of the molecule is CC(C)(C)[NH3+].CC(C)(C)[NH3+].CC(C)(C)[NH3+].CC(C)(C)[NH3+].CC(C)(C)[NH3+].CC(C)(C)[NH3+].O=C([O-])/C=C/C(=O)[O-].O=C([O-])/C=C/C(=O)[O-].O=C([O-])/C=C/C(=O)[O-]. The molecule has 0 amide bonds. The van der Waals surface area contributed by atoms with Crippen LogP contribution in [0.5, 0.6) is 0 Å². The summed E-state index contributed by atoms with van der Waals surface area (Å²) < 4.78 is 0. The number of aliphatic carboxylic acids is 6. The summed E-state index contributed by atoms with van der Waals surface area (Å²) in [6.07, 6.45) is 2.31. The number of rotatable bonds is 6. The maximum Gasteiger partial charge on any atom is 0.0860 e. The number of hydrogen-bond acceptors (Lipinski definition) is 12. The fraction of sp³-hybridized carbons (Fsp3) is 0.667. The van der Waals surface area contributed by atoms with Crippen LogP contribution in [0.15, 0.2) is 36.5 Å². The van der Waals surface area contributed by atoms with Crippen LogP contribution in [0, 0.1) is 0 Å². The average molecular weight is 787 g/mol. The molecule has 0 aliphatic rings. The van der Waals surface area contributed by atoms with Gasteiger partial charge in [0.25, 0.3) is 0 Å². The van der Waals surface area contributed by atoms with Crippen LogP contribution in [0.3, 0.4) is 0 Å². The van der Waals surface area contributed by atoms with Crippen LogP contribution in [-0.2, 0) is 28.8 Å². The zero-order chi connectivity index (χ0) is 46.7. The highest BCUT2D eigenvalue weighted by molar-refractivity contribution is 5.88. The summed E-state index contributed by atoms with van der Waals surface area (Å²) in [4.78, 5) is 56.5. The minimum absolute atomic E-state index is 0.250. The Hall–Kier alpha value is -4.20. The van der Waals surface area contributed by atoms with Crippen molar-refractivity contribution in [2.75, 3.05) is 0 Å². The average Bonchev–Trinajstić information content (AvgIpc) is 2.74. The van der Waals surface area contributed by atoms with Crippen LogP contribution in [-0.4, -0.2) is 69.0 Å². The van der Waals surface area contributed by atoms with E-state index < -0.39 is 35.8 Å². The standard InChI is InChI=1S/6C4H11N.3C4H4O4/c6*1-4(2,3)5;3*5-3(6)1-2-4(7)8/h6*5H2,1-3H3;3*1-2H,(H,5,6)(H,7,8)/b;;;;;;3*2-1+. The maximum absolute atomic E-state index is 9.41. The Morgan fingerprint density at radius 3 is 0.315 bits per heavy atom. The molecule has 0 aromatic carbocycles. The van der Waals surface area contributed by atoms with Gasteiger partial charge in [-0.05, 0) is 161 Å². The second kappa shape index (κ2) is 35.8. The second-order valence-corrected chi connectivity index (χ2v) is 18.3. The highest BCUT2D eigenvalue weighted by atomic mass is 16.4. The highest BCUT2D eigenvalue weighted by Crippen LogP contribution is 1.86. The molecule has 18 nitrogen and oxygen atoms in total. The molecule has 324 valence electrons. The third-order valence-electron chi connectivity index (χ3n) is 1.07. The first-order chi connectivity index (χ1) is 22.9. The molecule has 0 heterocycles. The van der Waals surface area contributed by atoms with E-state index in [1.807, 2.05) is 0 Å². The van der Waals surface area contributed by atoms with Crippen molar-refractivity contribution in [3.8, 4) is 0 Å². The first-order valence-electron chi connectivity index (χ1n) is 16.3. The predicted octanol–water partition coefficient (Wildman–Crippen LogP) is -8.71. The lowest BCUT2D eigenvalue weighted by atomic mass is 10.1. The fourth-order valence-corrected chi connectivity index (χ4v) is 0.408. The summed E-state index contributed by atoms with van der Waals surface area (Å²) >= 11 is 0. The molecule has 0 saturated carbocycles. The zero-order valence-corrected chi connectivity index (χ0v) is 36.6. The van der Waals surface area contributed by atoms with E-state index in [0.29, 0.717) is 36.5 Å². The lowest BCUT2D eigenvalue weighted by Gasteiger charge is -2.01. The molecule has 0 fully saturated rings. The van der Waals surface area contributed by atoms with Crippen LogP contribution >= 0.6 is 0 Å². The molecule has 0 spiro atoms. The third-order valence-corrected chi connectivity index (χ3v) is 1.07. The molecular weight excluding hydrogens is 708 g/mol. The molecule has 0 aliphatic heterocycles. The van der Waals surface area contributed by atoms with Crippen molar-refractivity contribution in [1.82, 2.24) is 0 Å². The van der Waals surface area contributed by atoms with Gasteiger partial charge in [-0.2, -0.15) is 0 Å². The number of carbonyl (C=O) groups excluding carboxylic acids is 6. The van der Waals surface area contributed by atoms with E-state index in [1.54, 1.807) is 0 Å². The molecule has 54 heavy (non-hydrogen) atoms. The van der Waals surface area contributed by atoms with Crippen molar-refractivity contribution in [2.24, 2.45) is 0 Å². The Bertz CT molecular complexity index is 836. The largest absolute Gasteiger partial charge is 0.545 e. The molecule has 18 heteroatoms. The van der Waals surface area contributed by atoms with Crippen molar-refractivity contribution in [1.29, 1.82) is 0 Å². The molecule has 18 N–H and O–H groups in total. The van der Waals surface area contributed by atoms with Gasteiger partial charge in [-0.25, -0.2) is 0 Å². The summed E-state index contributed by atoms with van der Waals surface area (Å²) in [5, 5.41) is 56.5. The Labute approximate surface area is 323 Å². The minimum Gasteiger partial charge on any atom is -0.545 e. The first-order valence-corrected chi connectivity index (χ1v) is 16.3. The molecular formula is C36H78N6O12. The molecule has 0 aliphatic carbocycles. The monoisotopic (exact) mass is 787 g/mol. The van der Waals surface area contributed by atoms with Crippen LogP contribution in [0.4, 0.5) is 0 Å². The molecule has 0 saturated heterocycles. The van der Waals surface area contributed by atoms with E-state index in [-0.39, 0.29) is 33.2 Å². The molecule has 0 rings (SSSR count). The van der Waals surface area contributed by atoms with Gasteiger partial charge in [-0.1, -0.05) is 0 Å². The van der Waals surface area contributed by atoms with E-state index in [2.05, 4.69) is 159 Å². The summed E-state index contributed by atoms with van der Waals surface area (Å²) in [6, 6.07) is 0. The van der Waals surface area contributed by atoms with E-state index in [9.17, 15) is 59.4 Å². The van der Waals surface area contributed by atoms with Gasteiger partial charge in [-0.15, -0.1) is 0 Å². The van der Waals surface area contributed by atoms with Crippen molar-refractivity contribution in [3.63, 3.8) is 0 Å². The topological polar surface area (TPSA) is 407 Å². The van der Waals surface area contributed by atoms with Gasteiger partial charge >= 0.3 is 0 Å². The quantitative estimate of drug-likeness (QED) is 0.137. The Morgan fingerprint density at radius 1 is 0.259 bits per heavy atom. The van der Waals surface area contributed by atoms with Gasteiger partial charge in [0.15, 0.2) is 0 Å². The van der Waals surface area contributed by atoms with Crippen LogP contribution in [0.25, 0.3) is 0 Å². The zero-order valence-electron chi connectivity index (χ0n) is 36.6. The van der Waals surface area contributed by atoms with Gasteiger partial charge in [-0.3, -0.25) is 0 Å². The Morgan fingerprint density at radius 2 is 0.296 bits per heavy atom. The van der Waals surface area contributed by atoms with E-state index >= 15 is 0 Å². The van der Waals surface area contributed by atoms with Crippen molar-refractivity contribution in [3.05, 3.63) is 36.5 Å². The molecule has 0 atom stereocenters. The van der Waals surface area contributed by atoms with Crippen molar-refractivity contribution in [2.45, 2.75) is 158 Å². The number of quaternary nitrogens is 6. The third kappa shape index (κ3) is 898. The van der Waals surface area contributed by atoms with Gasteiger partial charge in [0.1, 0.15) is 0 Å². The molecule has 0 radical (unpaired) electrons. The smallest absolute Gasteiger partial charge is 0.0860 e. The number of carboxylic acid groups (broad SMARTS) is 6. The lowest BCUT2D eigenvalue weighted by Crippen LogP contribution is -2.67. The Balaban J connectivity index is -0.0000000608. The summed E-state index contributed by atoms with van der Waals surface area (Å²) in [6.45, 7) is 37.4. The van der Waals surface area contributed by atoms with Crippen LogP contribution in [0.2, 0.25) is 0 Å². The predicted molar refractivity (Wildman–Crippen MR) is 193 cm³/mol. The number of carboxylic acids is 6. The summed E-state index contributed by atoms with van der Waals surface area (Å²) in [7, 11) is 0. The normalized spacial score (nSPS) is 10.9. The maximum atomic E-state index is 9.41. The van der Waals surface area contributed by atoms with Gasteiger partial charge in [0.2, 0.25) is 0 Å². The first kappa shape index (κ1) is 71.2. The van der Waals surface area contributed by atoms with E-state index in [1.165, 1.54) is 0 Å². The van der Waals surface area contributed by atoms with E-state index in [4.69, 9.17) is 0 Å². The highest BCUT2D eigenvalue weighted by Gasteiger charge is 2.03. The van der Waals surface area contributed by atoms with Crippen molar-refractivity contribution >= 4 is 35.8 Å². The van der Waals surface area contributed by atoms with Crippen LogP contribution < -0.4 is 65.0 Å². The minimum atomic E-state index is -1.55. The summed E-state index contributed by atoms with van der Waals surface area (Å²) in [5.74, 6) is -9.28. The van der Waals surface area contributed by atoms with Crippen molar-refractivity contribution < 1.29 is 93.8 Å².